The van der Waals surface area contributed by atoms with Gasteiger partial charge in [-0.2, -0.15) is 0 Å². The first-order chi connectivity index (χ1) is 27.2. The van der Waals surface area contributed by atoms with E-state index in [2.05, 4.69) is 204 Å². The number of anilines is 3. The van der Waals surface area contributed by atoms with Crippen LogP contribution in [0.1, 0.15) is 0 Å². The van der Waals surface area contributed by atoms with E-state index in [-0.39, 0.29) is 0 Å². The van der Waals surface area contributed by atoms with E-state index >= 15 is 0 Å². The minimum Gasteiger partial charge on any atom is -0.456 e. The van der Waals surface area contributed by atoms with Crippen molar-refractivity contribution >= 4 is 71.6 Å². The van der Waals surface area contributed by atoms with Crippen molar-refractivity contribution in [2.24, 2.45) is 0 Å². The summed E-state index contributed by atoms with van der Waals surface area (Å²) in [4.78, 5) is 2.32. The third-order valence-corrected chi connectivity index (χ3v) is 11.0. The number of nitrogens with zero attached hydrogens (tertiary/aromatic N) is 2. The Morgan fingerprint density at radius 2 is 0.927 bits per heavy atom. The third kappa shape index (κ3) is 5.28. The van der Waals surface area contributed by atoms with Crippen LogP contribution in [0.4, 0.5) is 17.1 Å². The van der Waals surface area contributed by atoms with Gasteiger partial charge in [-0.15, -0.1) is 0 Å². The van der Waals surface area contributed by atoms with Crippen LogP contribution in [0.3, 0.4) is 0 Å². The summed E-state index contributed by atoms with van der Waals surface area (Å²) in [5.41, 5.74) is 13.2. The molecule has 11 aromatic rings. The Hall–Kier alpha value is -7.36. The molecule has 11 rings (SSSR count). The largest absolute Gasteiger partial charge is 0.456 e. The second-order valence-corrected chi connectivity index (χ2v) is 14.2. The molecule has 0 atom stereocenters. The van der Waals surface area contributed by atoms with Crippen molar-refractivity contribution in [1.82, 2.24) is 4.57 Å². The summed E-state index contributed by atoms with van der Waals surface area (Å²) in [5, 5.41) is 7.28. The molecular formula is C52H34N2O. The number of para-hydroxylation sites is 2. The summed E-state index contributed by atoms with van der Waals surface area (Å²) in [6.07, 6.45) is 0. The summed E-state index contributed by atoms with van der Waals surface area (Å²) in [7, 11) is 0. The fourth-order valence-corrected chi connectivity index (χ4v) is 8.30. The average Bonchev–Trinajstić information content (AvgIpc) is 3.78. The number of furan rings is 1. The van der Waals surface area contributed by atoms with E-state index in [1.807, 2.05) is 12.1 Å². The summed E-state index contributed by atoms with van der Waals surface area (Å²) >= 11 is 0. The van der Waals surface area contributed by atoms with Gasteiger partial charge in [0.05, 0.1) is 11.0 Å². The molecule has 0 aliphatic carbocycles. The third-order valence-electron chi connectivity index (χ3n) is 11.0. The maximum absolute atomic E-state index is 6.36. The number of aromatic nitrogens is 1. The second kappa shape index (κ2) is 12.6. The van der Waals surface area contributed by atoms with Crippen molar-refractivity contribution in [2.45, 2.75) is 0 Å². The molecular weight excluding hydrogens is 669 g/mol. The van der Waals surface area contributed by atoms with Gasteiger partial charge < -0.3 is 13.9 Å². The lowest BCUT2D eigenvalue weighted by molar-refractivity contribution is 0.669. The van der Waals surface area contributed by atoms with E-state index in [4.69, 9.17) is 4.42 Å². The van der Waals surface area contributed by atoms with Crippen molar-refractivity contribution in [1.29, 1.82) is 0 Å². The second-order valence-electron chi connectivity index (χ2n) is 14.2. The summed E-state index contributed by atoms with van der Waals surface area (Å²) in [5.74, 6) is 0. The molecule has 2 heterocycles. The van der Waals surface area contributed by atoms with Crippen LogP contribution in [0.25, 0.3) is 82.5 Å². The van der Waals surface area contributed by atoms with Gasteiger partial charge >= 0.3 is 0 Å². The lowest BCUT2D eigenvalue weighted by Crippen LogP contribution is -2.10. The maximum Gasteiger partial charge on any atom is 0.137 e. The summed E-state index contributed by atoms with van der Waals surface area (Å²) in [6.45, 7) is 0. The molecule has 0 radical (unpaired) electrons. The first kappa shape index (κ1) is 31.2. The first-order valence-electron chi connectivity index (χ1n) is 18.7. The molecule has 0 spiro atoms. The van der Waals surface area contributed by atoms with Gasteiger partial charge in [0.25, 0.3) is 0 Å². The van der Waals surface area contributed by atoms with Crippen LogP contribution >= 0.6 is 0 Å². The normalized spacial score (nSPS) is 11.6. The van der Waals surface area contributed by atoms with Crippen LogP contribution in [-0.4, -0.2) is 4.57 Å². The predicted molar refractivity (Wildman–Crippen MR) is 231 cm³/mol. The number of hydrogen-bond donors (Lipinski definition) is 0. The van der Waals surface area contributed by atoms with E-state index in [9.17, 15) is 0 Å². The molecule has 0 N–H and O–H groups in total. The van der Waals surface area contributed by atoms with Gasteiger partial charge in [-0.1, -0.05) is 127 Å². The minimum absolute atomic E-state index is 0.871. The van der Waals surface area contributed by atoms with Crippen molar-refractivity contribution in [3.8, 4) is 27.9 Å². The standard InChI is InChI=1S/C52H34N2O/c1-2-11-35(12-3-1)38-15-10-16-43(31-38)53(44-29-30-47-46-18-7-9-20-51(46)55-52(47)34-44)41-25-21-36(22-26-41)37-23-27-42(28-24-37)54-49-19-8-6-17-45(49)48-32-39-13-4-5-14-40(39)33-50(48)54/h1-34H. The molecule has 55 heavy (non-hydrogen) atoms. The Labute approximate surface area is 318 Å². The molecule has 0 saturated heterocycles. The first-order valence-corrected chi connectivity index (χ1v) is 18.7. The van der Waals surface area contributed by atoms with Gasteiger partial charge in [0, 0.05) is 50.4 Å². The summed E-state index contributed by atoms with van der Waals surface area (Å²) in [6, 6.07) is 73.9. The SMILES string of the molecule is c1ccc(-c2cccc(N(c3ccc(-c4ccc(-n5c6ccccc6c6cc7ccccc7cc65)cc4)cc3)c3ccc4c(c3)oc3ccccc34)c2)cc1. The molecule has 9 aromatic carbocycles. The summed E-state index contributed by atoms with van der Waals surface area (Å²) < 4.78 is 8.75. The van der Waals surface area contributed by atoms with Gasteiger partial charge in [0.15, 0.2) is 0 Å². The van der Waals surface area contributed by atoms with E-state index in [1.54, 1.807) is 0 Å². The zero-order valence-electron chi connectivity index (χ0n) is 29.9. The zero-order chi connectivity index (χ0) is 36.3. The maximum atomic E-state index is 6.36. The molecule has 0 saturated carbocycles. The van der Waals surface area contributed by atoms with Gasteiger partial charge in [-0.25, -0.2) is 0 Å². The van der Waals surface area contributed by atoms with Crippen molar-refractivity contribution < 1.29 is 4.42 Å². The van der Waals surface area contributed by atoms with E-state index < -0.39 is 0 Å². The van der Waals surface area contributed by atoms with Crippen LogP contribution in [0, 0.1) is 0 Å². The highest BCUT2D eigenvalue weighted by atomic mass is 16.3. The molecule has 3 heteroatoms. The van der Waals surface area contributed by atoms with Gasteiger partial charge in [-0.3, -0.25) is 0 Å². The number of benzene rings is 9. The zero-order valence-corrected chi connectivity index (χ0v) is 29.9. The molecule has 0 unspecified atom stereocenters. The van der Waals surface area contributed by atoms with Crippen molar-refractivity contribution in [2.75, 3.05) is 4.90 Å². The highest BCUT2D eigenvalue weighted by Gasteiger charge is 2.17. The van der Waals surface area contributed by atoms with Crippen LogP contribution in [0.2, 0.25) is 0 Å². The van der Waals surface area contributed by atoms with E-state index in [1.165, 1.54) is 49.3 Å². The molecule has 0 bridgehead atoms. The highest BCUT2D eigenvalue weighted by molar-refractivity contribution is 6.13. The molecule has 2 aromatic heterocycles. The molecule has 0 fully saturated rings. The Kier molecular flexibility index (Phi) is 7.17. The Morgan fingerprint density at radius 3 is 1.75 bits per heavy atom. The molecule has 3 nitrogen and oxygen atoms in total. The van der Waals surface area contributed by atoms with Crippen LogP contribution < -0.4 is 4.90 Å². The minimum atomic E-state index is 0.871. The number of hydrogen-bond acceptors (Lipinski definition) is 2. The quantitative estimate of drug-likeness (QED) is 0.172. The average molecular weight is 703 g/mol. The molecule has 258 valence electrons. The topological polar surface area (TPSA) is 21.3 Å². The van der Waals surface area contributed by atoms with Crippen molar-refractivity contribution in [3.05, 3.63) is 206 Å². The molecule has 0 aliphatic rings. The lowest BCUT2D eigenvalue weighted by Gasteiger charge is -2.26. The van der Waals surface area contributed by atoms with Crippen LogP contribution in [0.5, 0.6) is 0 Å². The van der Waals surface area contributed by atoms with E-state index in [0.717, 1.165) is 50.3 Å². The highest BCUT2D eigenvalue weighted by Crippen LogP contribution is 2.41. The van der Waals surface area contributed by atoms with E-state index in [0.29, 0.717) is 0 Å². The number of rotatable bonds is 6. The van der Waals surface area contributed by atoms with Gasteiger partial charge in [0.2, 0.25) is 0 Å². The van der Waals surface area contributed by atoms with Gasteiger partial charge in [0.1, 0.15) is 11.2 Å². The fraction of sp³-hybridized carbons (Fsp3) is 0. The Balaban J connectivity index is 0.983. The Bertz CT molecular complexity index is 3190. The smallest absolute Gasteiger partial charge is 0.137 e. The fourth-order valence-electron chi connectivity index (χ4n) is 8.30. The van der Waals surface area contributed by atoms with Crippen molar-refractivity contribution in [3.63, 3.8) is 0 Å². The predicted octanol–water partition coefficient (Wildman–Crippen LogP) is 14.6. The number of fused-ring (bicyclic) bond motifs is 7. The lowest BCUT2D eigenvalue weighted by atomic mass is 10.0. The van der Waals surface area contributed by atoms with Crippen LogP contribution in [-0.2, 0) is 0 Å². The Morgan fingerprint density at radius 1 is 0.327 bits per heavy atom. The molecule has 0 aliphatic heterocycles. The molecule has 0 amide bonds. The van der Waals surface area contributed by atoms with Crippen LogP contribution in [0.15, 0.2) is 211 Å². The monoisotopic (exact) mass is 702 g/mol. The van der Waals surface area contributed by atoms with Gasteiger partial charge in [-0.05, 0) is 106 Å².